The highest BCUT2D eigenvalue weighted by molar-refractivity contribution is 7.11. The largest absolute Gasteiger partial charge is 0.496 e. The zero-order chi connectivity index (χ0) is 18.4. The van der Waals surface area contributed by atoms with Crippen LogP contribution in [0.5, 0.6) is 5.75 Å². The van der Waals surface area contributed by atoms with Gasteiger partial charge in [-0.2, -0.15) is 0 Å². The predicted octanol–water partition coefficient (Wildman–Crippen LogP) is 4.10. The summed E-state index contributed by atoms with van der Waals surface area (Å²) in [6.45, 7) is 0. The number of nitrogens with one attached hydrogen (secondary N) is 1. The molecule has 0 saturated heterocycles. The van der Waals surface area contributed by atoms with Gasteiger partial charge in [0.25, 0.3) is 5.91 Å². The molecule has 1 aliphatic carbocycles. The third-order valence-corrected chi connectivity index (χ3v) is 5.41. The van der Waals surface area contributed by atoms with Gasteiger partial charge in [-0.25, -0.2) is 4.79 Å². The van der Waals surface area contributed by atoms with Crippen LogP contribution in [0, 0.1) is 0 Å². The highest BCUT2D eigenvalue weighted by Crippen LogP contribution is 2.30. The lowest BCUT2D eigenvalue weighted by Gasteiger charge is -2.26. The molecule has 1 aromatic carbocycles. The van der Waals surface area contributed by atoms with Crippen molar-refractivity contribution in [1.82, 2.24) is 5.32 Å². The van der Waals surface area contributed by atoms with Gasteiger partial charge in [0.05, 0.1) is 7.11 Å². The first kappa shape index (κ1) is 18.5. The minimum absolute atomic E-state index is 0.133. The third-order valence-electron chi connectivity index (χ3n) is 4.56. The number of hydrogen-bond donors (Lipinski definition) is 1. The molecular formula is C20H23NO4S. The first-order chi connectivity index (χ1) is 12.7. The van der Waals surface area contributed by atoms with Crippen molar-refractivity contribution in [1.29, 1.82) is 0 Å². The van der Waals surface area contributed by atoms with E-state index in [2.05, 4.69) is 5.32 Å². The second kappa shape index (κ2) is 8.85. The fraction of sp³-hybridized carbons (Fsp3) is 0.400. The van der Waals surface area contributed by atoms with Crippen LogP contribution in [0.3, 0.4) is 0 Å². The Morgan fingerprint density at radius 2 is 1.88 bits per heavy atom. The lowest BCUT2D eigenvalue weighted by Crippen LogP contribution is -2.40. The van der Waals surface area contributed by atoms with E-state index in [1.165, 1.54) is 24.9 Å². The number of thiophene rings is 1. The summed E-state index contributed by atoms with van der Waals surface area (Å²) in [5, 5.41) is 4.85. The van der Waals surface area contributed by atoms with E-state index < -0.39 is 12.1 Å². The first-order valence-corrected chi connectivity index (χ1v) is 9.75. The normalized spacial score (nSPS) is 15.9. The number of carbonyl (C=O) groups excluding carboxylic acids is 2. The molecule has 1 aliphatic rings. The van der Waals surface area contributed by atoms with Crippen molar-refractivity contribution in [2.24, 2.45) is 0 Å². The summed E-state index contributed by atoms with van der Waals surface area (Å²) in [4.78, 5) is 25.9. The maximum atomic E-state index is 12.9. The molecule has 26 heavy (non-hydrogen) atoms. The van der Waals surface area contributed by atoms with E-state index in [-0.39, 0.29) is 11.9 Å². The van der Waals surface area contributed by atoms with Crippen LogP contribution in [0.2, 0.25) is 0 Å². The van der Waals surface area contributed by atoms with Crippen LogP contribution in [0.25, 0.3) is 0 Å². The zero-order valence-electron chi connectivity index (χ0n) is 14.8. The maximum absolute atomic E-state index is 12.9. The van der Waals surface area contributed by atoms with Crippen LogP contribution >= 0.6 is 11.3 Å². The van der Waals surface area contributed by atoms with Gasteiger partial charge in [-0.3, -0.25) is 4.79 Å². The van der Waals surface area contributed by atoms with Crippen LogP contribution in [-0.2, 0) is 9.53 Å². The number of esters is 1. The number of ether oxygens (including phenoxy) is 2. The van der Waals surface area contributed by atoms with Gasteiger partial charge in [0, 0.05) is 11.6 Å². The van der Waals surface area contributed by atoms with Gasteiger partial charge in [0.15, 0.2) is 0 Å². The number of carbonyl (C=O) groups is 2. The maximum Gasteiger partial charge on any atom is 0.349 e. The van der Waals surface area contributed by atoms with Crippen molar-refractivity contribution >= 4 is 23.2 Å². The Morgan fingerprint density at radius 3 is 2.58 bits per heavy atom. The molecule has 0 unspecified atom stereocenters. The second-order valence-electron chi connectivity index (χ2n) is 6.35. The molecule has 138 valence electrons. The van der Waals surface area contributed by atoms with Gasteiger partial charge in [0.1, 0.15) is 10.6 Å². The minimum Gasteiger partial charge on any atom is -0.496 e. The molecule has 0 bridgehead atoms. The van der Waals surface area contributed by atoms with Crippen LogP contribution in [-0.4, -0.2) is 25.0 Å². The van der Waals surface area contributed by atoms with E-state index in [4.69, 9.17) is 9.47 Å². The minimum atomic E-state index is -1.04. The van der Waals surface area contributed by atoms with Crippen LogP contribution in [0.15, 0.2) is 41.8 Å². The molecule has 1 aromatic heterocycles. The molecule has 1 amide bonds. The van der Waals surface area contributed by atoms with Crippen LogP contribution < -0.4 is 10.1 Å². The van der Waals surface area contributed by atoms with E-state index >= 15 is 0 Å². The Morgan fingerprint density at radius 1 is 1.12 bits per heavy atom. The fourth-order valence-corrected chi connectivity index (χ4v) is 3.83. The lowest BCUT2D eigenvalue weighted by molar-refractivity contribution is -0.131. The van der Waals surface area contributed by atoms with E-state index in [0.717, 1.165) is 25.7 Å². The molecule has 0 spiro atoms. The molecule has 3 rings (SSSR count). The van der Waals surface area contributed by atoms with Crippen molar-refractivity contribution < 1.29 is 19.1 Å². The monoisotopic (exact) mass is 373 g/mol. The van der Waals surface area contributed by atoms with Crippen LogP contribution in [0.4, 0.5) is 0 Å². The van der Waals surface area contributed by atoms with Crippen molar-refractivity contribution in [3.8, 4) is 5.75 Å². The molecule has 1 saturated carbocycles. The Bertz CT molecular complexity index is 738. The smallest absolute Gasteiger partial charge is 0.349 e. The Kier molecular flexibility index (Phi) is 6.28. The molecule has 1 fully saturated rings. The molecule has 1 atom stereocenters. The number of hydrogen-bond acceptors (Lipinski definition) is 5. The molecule has 6 heteroatoms. The summed E-state index contributed by atoms with van der Waals surface area (Å²) in [6.07, 6.45) is 4.31. The molecular weight excluding hydrogens is 350 g/mol. The topological polar surface area (TPSA) is 64.6 Å². The molecule has 1 heterocycles. The van der Waals surface area contributed by atoms with Gasteiger partial charge < -0.3 is 14.8 Å². The number of amides is 1. The summed E-state index contributed by atoms with van der Waals surface area (Å²) in [5.41, 5.74) is 0.549. The zero-order valence-corrected chi connectivity index (χ0v) is 15.6. The summed E-state index contributed by atoms with van der Waals surface area (Å²) in [7, 11) is 1.54. The number of methoxy groups -OCH3 is 1. The number of para-hydroxylation sites is 1. The van der Waals surface area contributed by atoms with Gasteiger partial charge in [0.2, 0.25) is 6.10 Å². The Hall–Kier alpha value is -2.34. The van der Waals surface area contributed by atoms with E-state index in [1.807, 2.05) is 6.07 Å². The number of benzene rings is 1. The van der Waals surface area contributed by atoms with Crippen LogP contribution in [0.1, 0.15) is 53.4 Å². The molecule has 1 N–H and O–H groups in total. The fourth-order valence-electron chi connectivity index (χ4n) is 3.22. The van der Waals surface area contributed by atoms with Gasteiger partial charge in [-0.05, 0) is 30.4 Å². The van der Waals surface area contributed by atoms with E-state index in [0.29, 0.717) is 16.2 Å². The standard InChI is InChI=1S/C20H23NO4S/c1-24-16-11-6-5-10-15(16)18(25-20(23)17-12-7-13-26-17)19(22)21-14-8-3-2-4-9-14/h5-7,10-14,18H,2-4,8-9H2,1H3,(H,21,22)/t18-/m0/s1. The van der Waals surface area contributed by atoms with Crippen molar-refractivity contribution in [2.45, 2.75) is 44.2 Å². The Balaban J connectivity index is 1.82. The second-order valence-corrected chi connectivity index (χ2v) is 7.30. The summed E-state index contributed by atoms with van der Waals surface area (Å²) >= 11 is 1.29. The first-order valence-electron chi connectivity index (χ1n) is 8.87. The highest BCUT2D eigenvalue weighted by Gasteiger charge is 2.30. The molecule has 0 radical (unpaired) electrons. The predicted molar refractivity (Wildman–Crippen MR) is 100 cm³/mol. The average molecular weight is 373 g/mol. The SMILES string of the molecule is COc1ccccc1[C@H](OC(=O)c1cccs1)C(=O)NC1CCCCC1. The highest BCUT2D eigenvalue weighted by atomic mass is 32.1. The van der Waals surface area contributed by atoms with Crippen molar-refractivity contribution in [3.05, 3.63) is 52.2 Å². The van der Waals surface area contributed by atoms with Crippen molar-refractivity contribution in [2.75, 3.05) is 7.11 Å². The van der Waals surface area contributed by atoms with E-state index in [9.17, 15) is 9.59 Å². The average Bonchev–Trinajstić information content (AvgIpc) is 3.21. The Labute approximate surface area is 157 Å². The molecule has 2 aromatic rings. The van der Waals surface area contributed by atoms with E-state index in [1.54, 1.807) is 35.7 Å². The quantitative estimate of drug-likeness (QED) is 0.774. The molecule has 0 aliphatic heterocycles. The van der Waals surface area contributed by atoms with Gasteiger partial charge >= 0.3 is 5.97 Å². The number of rotatable bonds is 6. The van der Waals surface area contributed by atoms with Gasteiger partial charge in [-0.15, -0.1) is 11.3 Å². The lowest BCUT2D eigenvalue weighted by atomic mass is 9.95. The molecule has 5 nitrogen and oxygen atoms in total. The summed E-state index contributed by atoms with van der Waals surface area (Å²) in [5.74, 6) is -0.281. The van der Waals surface area contributed by atoms with Gasteiger partial charge in [-0.1, -0.05) is 43.5 Å². The third kappa shape index (κ3) is 4.43. The summed E-state index contributed by atoms with van der Waals surface area (Å²) < 4.78 is 11.0. The summed E-state index contributed by atoms with van der Waals surface area (Å²) in [6, 6.07) is 10.7. The van der Waals surface area contributed by atoms with Crippen molar-refractivity contribution in [3.63, 3.8) is 0 Å².